The maximum absolute atomic E-state index is 12.9. The van der Waals surface area contributed by atoms with Crippen LogP contribution in [0.15, 0.2) is 47.5 Å². The molecule has 0 aromatic heterocycles. The lowest BCUT2D eigenvalue weighted by Gasteiger charge is -2.12. The molecular weight excluding hydrogens is 412 g/mol. The smallest absolute Gasteiger partial charge is 0.185 e. The third kappa shape index (κ3) is 6.44. The van der Waals surface area contributed by atoms with Crippen LogP contribution in [0.2, 0.25) is 0 Å². The summed E-state index contributed by atoms with van der Waals surface area (Å²) in [4.78, 5) is 16.9. The average molecular weight is 443 g/mol. The maximum atomic E-state index is 12.9. The van der Waals surface area contributed by atoms with Gasteiger partial charge in [0.25, 0.3) is 0 Å². The minimum absolute atomic E-state index is 0. The summed E-state index contributed by atoms with van der Waals surface area (Å²) in [5.41, 5.74) is 5.10. The van der Waals surface area contributed by atoms with Crippen molar-refractivity contribution in [1.82, 2.24) is 9.80 Å². The Balaban J connectivity index is 0.00000341. The molecule has 1 aliphatic rings. The number of phenolic OH excluding ortho intramolecular Hbond substituents is 2. The lowest BCUT2D eigenvalue weighted by molar-refractivity contribution is -0.111. The average Bonchev–Trinajstić information content (AvgIpc) is 3.00. The molecule has 166 valence electrons. The van der Waals surface area contributed by atoms with E-state index in [2.05, 4.69) is 0 Å². The fourth-order valence-corrected chi connectivity index (χ4v) is 3.71. The van der Waals surface area contributed by atoms with Crippen LogP contribution in [0.25, 0.3) is 12.2 Å². The van der Waals surface area contributed by atoms with Crippen LogP contribution in [-0.2, 0) is 17.9 Å². The third-order valence-electron chi connectivity index (χ3n) is 5.11. The second kappa shape index (κ2) is 10.6. The van der Waals surface area contributed by atoms with Crippen LogP contribution in [-0.4, -0.2) is 54.0 Å². The van der Waals surface area contributed by atoms with Gasteiger partial charge in [0.2, 0.25) is 0 Å². The van der Waals surface area contributed by atoms with Crippen molar-refractivity contribution < 1.29 is 15.0 Å². The molecule has 2 aromatic rings. The van der Waals surface area contributed by atoms with Crippen molar-refractivity contribution in [3.63, 3.8) is 0 Å². The fraction of sp³-hybridized carbons (Fsp3) is 0.320. The molecule has 0 atom stereocenters. The minimum Gasteiger partial charge on any atom is -0.508 e. The number of halogens is 1. The van der Waals surface area contributed by atoms with E-state index in [1.54, 1.807) is 12.1 Å². The van der Waals surface area contributed by atoms with Gasteiger partial charge in [0.15, 0.2) is 5.78 Å². The number of rotatable bonds is 6. The molecule has 5 nitrogen and oxygen atoms in total. The molecule has 6 heteroatoms. The van der Waals surface area contributed by atoms with Gasteiger partial charge in [-0.2, -0.15) is 0 Å². The predicted octanol–water partition coefficient (Wildman–Crippen LogP) is 4.47. The molecule has 0 saturated heterocycles. The molecule has 2 aromatic carbocycles. The van der Waals surface area contributed by atoms with Crippen LogP contribution in [0.4, 0.5) is 0 Å². The highest BCUT2D eigenvalue weighted by Crippen LogP contribution is 2.31. The number of Topliss-reactive ketones (excluding diaryl/α,β-unsaturated/α-hetero) is 1. The first kappa shape index (κ1) is 24.7. The second-order valence-corrected chi connectivity index (χ2v) is 8.42. The molecule has 1 saturated carbocycles. The number of benzene rings is 2. The summed E-state index contributed by atoms with van der Waals surface area (Å²) in [6.45, 7) is 1.27. The van der Waals surface area contributed by atoms with E-state index in [0.717, 1.165) is 33.4 Å². The summed E-state index contributed by atoms with van der Waals surface area (Å²) in [6.07, 6.45) is 5.26. The highest BCUT2D eigenvalue weighted by atomic mass is 35.5. The first-order valence-corrected chi connectivity index (χ1v) is 10.1. The van der Waals surface area contributed by atoms with Crippen molar-refractivity contribution in [3.05, 3.63) is 69.8 Å². The van der Waals surface area contributed by atoms with Gasteiger partial charge in [-0.05, 0) is 88.6 Å². The molecule has 1 aliphatic carbocycles. The number of carbonyl (C=O) groups excluding carboxylic acids is 1. The van der Waals surface area contributed by atoms with E-state index >= 15 is 0 Å². The molecule has 1 fully saturated rings. The number of allylic oxidation sites excluding steroid dienone is 2. The van der Waals surface area contributed by atoms with Crippen molar-refractivity contribution in [3.8, 4) is 11.5 Å². The van der Waals surface area contributed by atoms with E-state index in [1.165, 1.54) is 0 Å². The quantitative estimate of drug-likeness (QED) is 0.646. The van der Waals surface area contributed by atoms with Crippen LogP contribution in [0.1, 0.15) is 35.1 Å². The summed E-state index contributed by atoms with van der Waals surface area (Å²) < 4.78 is 0. The number of carbonyl (C=O) groups is 1. The number of ketones is 1. The number of phenols is 2. The Morgan fingerprint density at radius 1 is 0.774 bits per heavy atom. The zero-order valence-electron chi connectivity index (χ0n) is 18.6. The molecule has 0 spiro atoms. The van der Waals surface area contributed by atoms with Gasteiger partial charge in [-0.3, -0.25) is 4.79 Å². The van der Waals surface area contributed by atoms with Crippen molar-refractivity contribution >= 4 is 30.3 Å². The molecule has 0 bridgehead atoms. The summed E-state index contributed by atoms with van der Waals surface area (Å²) in [5.74, 6) is 0.606. The van der Waals surface area contributed by atoms with Gasteiger partial charge in [-0.15, -0.1) is 12.4 Å². The van der Waals surface area contributed by atoms with Gasteiger partial charge in [0, 0.05) is 35.4 Å². The number of hydrogen-bond donors (Lipinski definition) is 2. The Kier molecular flexibility index (Phi) is 8.45. The highest BCUT2D eigenvalue weighted by Gasteiger charge is 2.23. The molecule has 0 aliphatic heterocycles. The normalized spacial score (nSPS) is 16.5. The SMILES string of the molecule is CN(C)Cc1cc(/C=C2\CC/C(=C\c3ccc(O)c(CN(C)C)c3)C2=O)ccc1O.Cl. The molecule has 3 rings (SSSR count). The zero-order chi connectivity index (χ0) is 21.8. The van der Waals surface area contributed by atoms with Crippen molar-refractivity contribution in [2.24, 2.45) is 0 Å². The van der Waals surface area contributed by atoms with Gasteiger partial charge >= 0.3 is 0 Å². The maximum Gasteiger partial charge on any atom is 0.185 e. The van der Waals surface area contributed by atoms with Gasteiger partial charge in [0.1, 0.15) is 11.5 Å². The molecular formula is C25H31ClN2O3. The van der Waals surface area contributed by atoms with Gasteiger partial charge in [-0.25, -0.2) is 0 Å². The number of hydrogen-bond acceptors (Lipinski definition) is 5. The van der Waals surface area contributed by atoms with E-state index in [1.807, 2.05) is 74.4 Å². The number of nitrogens with zero attached hydrogens (tertiary/aromatic N) is 2. The molecule has 0 unspecified atom stereocenters. The van der Waals surface area contributed by atoms with Crippen molar-refractivity contribution in [1.29, 1.82) is 0 Å². The van der Waals surface area contributed by atoms with E-state index < -0.39 is 0 Å². The zero-order valence-corrected chi connectivity index (χ0v) is 19.4. The van der Waals surface area contributed by atoms with Crippen LogP contribution >= 0.6 is 12.4 Å². The van der Waals surface area contributed by atoms with E-state index in [4.69, 9.17) is 0 Å². The molecule has 0 radical (unpaired) electrons. The predicted molar refractivity (Wildman–Crippen MR) is 128 cm³/mol. The Morgan fingerprint density at radius 3 is 1.52 bits per heavy atom. The Labute approximate surface area is 190 Å². The topological polar surface area (TPSA) is 64.0 Å². The lowest BCUT2D eigenvalue weighted by atomic mass is 10.0. The standard InChI is InChI=1S/C25H30N2O3.ClH/c1-26(2)15-21-13-17(5-9-23(21)28)11-19-7-8-20(25(19)30)12-18-6-10-24(29)22(14-18)16-27(3)4;/h5-6,9-14,28-29H,7-8,15-16H2,1-4H3;1H/b19-11+,20-12+;. The van der Waals surface area contributed by atoms with Crippen molar-refractivity contribution in [2.75, 3.05) is 28.2 Å². The lowest BCUT2D eigenvalue weighted by Crippen LogP contribution is -2.10. The summed E-state index contributed by atoms with van der Waals surface area (Å²) in [6, 6.07) is 10.9. The largest absolute Gasteiger partial charge is 0.508 e. The fourth-order valence-electron chi connectivity index (χ4n) is 3.71. The first-order valence-electron chi connectivity index (χ1n) is 10.1. The van der Waals surface area contributed by atoms with Crippen LogP contribution < -0.4 is 0 Å². The molecule has 0 heterocycles. The molecule has 0 amide bonds. The summed E-state index contributed by atoms with van der Waals surface area (Å²) in [7, 11) is 7.82. The van der Waals surface area contributed by atoms with E-state index in [9.17, 15) is 15.0 Å². The van der Waals surface area contributed by atoms with Crippen LogP contribution in [0, 0.1) is 0 Å². The van der Waals surface area contributed by atoms with Gasteiger partial charge in [0.05, 0.1) is 0 Å². The summed E-state index contributed by atoms with van der Waals surface area (Å²) >= 11 is 0. The van der Waals surface area contributed by atoms with Crippen LogP contribution in [0.5, 0.6) is 11.5 Å². The Morgan fingerprint density at radius 2 is 1.16 bits per heavy atom. The Hall–Kier alpha value is -2.60. The third-order valence-corrected chi connectivity index (χ3v) is 5.11. The molecule has 2 N–H and O–H groups in total. The highest BCUT2D eigenvalue weighted by molar-refractivity contribution is 6.15. The van der Waals surface area contributed by atoms with E-state index in [-0.39, 0.29) is 29.7 Å². The monoisotopic (exact) mass is 442 g/mol. The van der Waals surface area contributed by atoms with Crippen LogP contribution in [0.3, 0.4) is 0 Å². The number of aromatic hydroxyl groups is 2. The Bertz CT molecular complexity index is 930. The minimum atomic E-state index is 0. The first-order chi connectivity index (χ1) is 14.2. The summed E-state index contributed by atoms with van der Waals surface area (Å²) in [5, 5.41) is 20.1. The van der Waals surface area contributed by atoms with Gasteiger partial charge < -0.3 is 20.0 Å². The van der Waals surface area contributed by atoms with E-state index in [0.29, 0.717) is 25.9 Å². The van der Waals surface area contributed by atoms with Crippen molar-refractivity contribution in [2.45, 2.75) is 25.9 Å². The van der Waals surface area contributed by atoms with Gasteiger partial charge in [-0.1, -0.05) is 12.1 Å². The molecule has 31 heavy (non-hydrogen) atoms. The second-order valence-electron chi connectivity index (χ2n) is 8.42.